The summed E-state index contributed by atoms with van der Waals surface area (Å²) in [5, 5.41) is 11.8. The highest BCUT2D eigenvalue weighted by atomic mass is 16.5. The maximum atomic E-state index is 11.9. The number of hydrogen-bond acceptors (Lipinski definition) is 3. The monoisotopic (exact) mass is 346 g/mol. The molecule has 0 aromatic rings. The molecule has 0 saturated heterocycles. The van der Waals surface area contributed by atoms with Crippen LogP contribution in [0.2, 0.25) is 0 Å². The molecule has 0 aromatic carbocycles. The first-order chi connectivity index (χ1) is 11.5. The van der Waals surface area contributed by atoms with E-state index in [9.17, 15) is 9.90 Å². The molecule has 0 aromatic heterocycles. The Hall–Kier alpha value is -1.09. The summed E-state index contributed by atoms with van der Waals surface area (Å²) < 4.78 is 5.89. The van der Waals surface area contributed by atoms with Gasteiger partial charge in [0.1, 0.15) is 6.10 Å². The Kier molecular flexibility index (Phi) is 4.47. The van der Waals surface area contributed by atoms with Gasteiger partial charge in [0.15, 0.2) is 0 Å². The van der Waals surface area contributed by atoms with Gasteiger partial charge >= 0.3 is 5.97 Å². The van der Waals surface area contributed by atoms with Crippen molar-refractivity contribution in [3.05, 3.63) is 23.3 Å². The highest BCUT2D eigenvalue weighted by Gasteiger charge is 2.60. The van der Waals surface area contributed by atoms with Gasteiger partial charge in [0.05, 0.1) is 5.60 Å². The lowest BCUT2D eigenvalue weighted by molar-refractivity contribution is -0.148. The molecular formula is C22H34O3. The number of aliphatic hydroxyl groups is 1. The maximum Gasteiger partial charge on any atom is 0.303 e. The predicted molar refractivity (Wildman–Crippen MR) is 100 cm³/mol. The van der Waals surface area contributed by atoms with E-state index in [0.717, 1.165) is 37.7 Å². The van der Waals surface area contributed by atoms with E-state index in [4.69, 9.17) is 4.74 Å². The average Bonchev–Trinajstić information content (AvgIpc) is 2.78. The molecule has 0 heterocycles. The molecule has 4 atom stereocenters. The molecule has 2 fully saturated rings. The van der Waals surface area contributed by atoms with Gasteiger partial charge in [0.25, 0.3) is 0 Å². The van der Waals surface area contributed by atoms with E-state index < -0.39 is 5.60 Å². The van der Waals surface area contributed by atoms with E-state index in [0.29, 0.717) is 18.8 Å². The second kappa shape index (κ2) is 5.97. The molecule has 3 aliphatic rings. The number of hydrogen-bond donors (Lipinski definition) is 1. The van der Waals surface area contributed by atoms with Crippen molar-refractivity contribution in [2.75, 3.05) is 0 Å². The van der Waals surface area contributed by atoms with Crippen LogP contribution in [0.5, 0.6) is 0 Å². The van der Waals surface area contributed by atoms with Crippen LogP contribution in [0.25, 0.3) is 0 Å². The van der Waals surface area contributed by atoms with Gasteiger partial charge in [-0.15, -0.1) is 0 Å². The van der Waals surface area contributed by atoms with Crippen LogP contribution in [0, 0.1) is 16.7 Å². The van der Waals surface area contributed by atoms with Crippen LogP contribution in [0.15, 0.2) is 23.3 Å². The first-order valence-electron chi connectivity index (χ1n) is 9.84. The highest BCUT2D eigenvalue weighted by Crippen LogP contribution is 2.63. The third kappa shape index (κ3) is 2.79. The second-order valence-corrected chi connectivity index (χ2v) is 9.51. The zero-order valence-corrected chi connectivity index (χ0v) is 16.6. The minimum atomic E-state index is -0.868. The predicted octanol–water partition coefficient (Wildman–Crippen LogP) is 4.94. The van der Waals surface area contributed by atoms with Crippen molar-refractivity contribution in [1.29, 1.82) is 0 Å². The van der Waals surface area contributed by atoms with Crippen molar-refractivity contribution in [2.24, 2.45) is 16.7 Å². The zero-order chi connectivity index (χ0) is 18.6. The first kappa shape index (κ1) is 18.7. The molecule has 140 valence electrons. The van der Waals surface area contributed by atoms with E-state index in [1.54, 1.807) is 0 Å². The number of esters is 1. The topological polar surface area (TPSA) is 46.5 Å². The van der Waals surface area contributed by atoms with Gasteiger partial charge in [-0.3, -0.25) is 4.79 Å². The summed E-state index contributed by atoms with van der Waals surface area (Å²) in [4.78, 5) is 11.9. The molecule has 0 aliphatic heterocycles. The molecule has 3 aliphatic carbocycles. The lowest BCUT2D eigenvalue weighted by Gasteiger charge is -2.51. The highest BCUT2D eigenvalue weighted by molar-refractivity contribution is 5.66. The molecule has 2 saturated carbocycles. The Labute approximate surface area is 152 Å². The van der Waals surface area contributed by atoms with Gasteiger partial charge < -0.3 is 9.84 Å². The SMILES string of the molecule is C=C1CCC[C@]2(C)C[C@H](OC(C)=O)C3=C(C(C)C)CC[C@@]3(C)C[C@@]12O. The number of rotatable bonds is 2. The fourth-order valence-electron chi connectivity index (χ4n) is 5.96. The molecule has 1 N–H and O–H groups in total. The lowest BCUT2D eigenvalue weighted by Crippen LogP contribution is -2.52. The number of carbonyl (C=O) groups is 1. The summed E-state index contributed by atoms with van der Waals surface area (Å²) in [6, 6.07) is 0. The minimum Gasteiger partial charge on any atom is -0.458 e. The third-order valence-corrected chi connectivity index (χ3v) is 7.34. The first-order valence-corrected chi connectivity index (χ1v) is 9.84. The molecule has 0 unspecified atom stereocenters. The summed E-state index contributed by atoms with van der Waals surface area (Å²) >= 11 is 0. The molecule has 0 spiro atoms. The smallest absolute Gasteiger partial charge is 0.303 e. The molecular weight excluding hydrogens is 312 g/mol. The van der Waals surface area contributed by atoms with Crippen molar-refractivity contribution in [1.82, 2.24) is 0 Å². The van der Waals surface area contributed by atoms with Crippen LogP contribution in [0.3, 0.4) is 0 Å². The van der Waals surface area contributed by atoms with Crippen molar-refractivity contribution < 1.29 is 14.6 Å². The molecule has 3 nitrogen and oxygen atoms in total. The third-order valence-electron chi connectivity index (χ3n) is 7.34. The largest absolute Gasteiger partial charge is 0.458 e. The summed E-state index contributed by atoms with van der Waals surface area (Å²) in [5.74, 6) is 0.221. The zero-order valence-electron chi connectivity index (χ0n) is 16.6. The average molecular weight is 347 g/mol. The maximum absolute atomic E-state index is 11.9. The van der Waals surface area contributed by atoms with Gasteiger partial charge in [-0.1, -0.05) is 39.8 Å². The number of fused-ring (bicyclic) bond motifs is 2. The minimum absolute atomic E-state index is 0.119. The number of carbonyl (C=O) groups excluding carboxylic acids is 1. The van der Waals surface area contributed by atoms with E-state index in [1.807, 2.05) is 0 Å². The Morgan fingerprint density at radius 3 is 2.56 bits per heavy atom. The Morgan fingerprint density at radius 1 is 1.28 bits per heavy atom. The standard InChI is InChI=1S/C22H34O3/c1-14(2)17-9-11-20(5)13-22(24)15(3)8-7-10-21(22,6)12-18(19(17)20)25-16(4)23/h14,18,24H,3,7-13H2,1-2,4-6H3/t18-,20-,21+,22+/m0/s1. The number of ether oxygens (including phenoxy) is 1. The summed E-state index contributed by atoms with van der Waals surface area (Å²) in [5.41, 5.74) is 2.44. The van der Waals surface area contributed by atoms with Crippen molar-refractivity contribution >= 4 is 5.97 Å². The van der Waals surface area contributed by atoms with Gasteiger partial charge in [0.2, 0.25) is 0 Å². The number of allylic oxidation sites excluding steroid dienone is 1. The molecule has 0 radical (unpaired) electrons. The van der Waals surface area contributed by atoms with Gasteiger partial charge in [-0.05, 0) is 67.4 Å². The van der Waals surface area contributed by atoms with Gasteiger partial charge in [0, 0.05) is 12.3 Å². The summed E-state index contributed by atoms with van der Waals surface area (Å²) in [6.07, 6.45) is 6.17. The van der Waals surface area contributed by atoms with Crippen LogP contribution in [0.1, 0.15) is 79.6 Å². The molecule has 25 heavy (non-hydrogen) atoms. The van der Waals surface area contributed by atoms with Gasteiger partial charge in [-0.25, -0.2) is 0 Å². The van der Waals surface area contributed by atoms with E-state index >= 15 is 0 Å². The Bertz CT molecular complexity index is 631. The van der Waals surface area contributed by atoms with Gasteiger partial charge in [-0.2, -0.15) is 0 Å². The fourth-order valence-corrected chi connectivity index (χ4v) is 5.96. The fraction of sp³-hybridized carbons (Fsp3) is 0.773. The van der Waals surface area contributed by atoms with E-state index in [2.05, 4.69) is 34.3 Å². The second-order valence-electron chi connectivity index (χ2n) is 9.51. The van der Waals surface area contributed by atoms with Crippen LogP contribution in [-0.4, -0.2) is 22.8 Å². The van der Waals surface area contributed by atoms with Crippen molar-refractivity contribution in [3.8, 4) is 0 Å². The quantitative estimate of drug-likeness (QED) is 0.569. The normalized spacial score (nSPS) is 41.4. The van der Waals surface area contributed by atoms with Crippen molar-refractivity contribution in [2.45, 2.75) is 91.3 Å². The Morgan fingerprint density at radius 2 is 1.96 bits per heavy atom. The lowest BCUT2D eigenvalue weighted by atomic mass is 9.58. The van der Waals surface area contributed by atoms with E-state index in [1.165, 1.54) is 18.1 Å². The van der Waals surface area contributed by atoms with Crippen LogP contribution >= 0.6 is 0 Å². The van der Waals surface area contributed by atoms with Crippen LogP contribution in [0.4, 0.5) is 0 Å². The summed E-state index contributed by atoms with van der Waals surface area (Å²) in [6.45, 7) is 14.7. The summed E-state index contributed by atoms with van der Waals surface area (Å²) in [7, 11) is 0. The van der Waals surface area contributed by atoms with Crippen molar-refractivity contribution in [3.63, 3.8) is 0 Å². The molecule has 0 bridgehead atoms. The van der Waals surface area contributed by atoms with Crippen LogP contribution < -0.4 is 0 Å². The molecule has 3 heteroatoms. The molecule has 0 amide bonds. The Balaban J connectivity index is 2.17. The van der Waals surface area contributed by atoms with Crippen LogP contribution in [-0.2, 0) is 9.53 Å². The molecule has 3 rings (SSSR count). The van der Waals surface area contributed by atoms with E-state index in [-0.39, 0.29) is 22.9 Å².